The molecule has 1 aliphatic rings. The van der Waals surface area contributed by atoms with Gasteiger partial charge < -0.3 is 9.47 Å². The molecule has 2 heterocycles. The van der Waals surface area contributed by atoms with E-state index in [2.05, 4.69) is 15.9 Å². The first-order valence-corrected chi connectivity index (χ1v) is 8.06. The van der Waals surface area contributed by atoms with Gasteiger partial charge in [-0.3, -0.25) is 0 Å². The van der Waals surface area contributed by atoms with E-state index in [1.807, 2.05) is 24.3 Å². The van der Waals surface area contributed by atoms with E-state index in [0.29, 0.717) is 18.2 Å². The number of benzene rings is 1. The normalized spacial score (nSPS) is 15.3. The average Bonchev–Trinajstić information content (AvgIpc) is 2.77. The number of halogens is 3. The lowest BCUT2D eigenvalue weighted by Gasteiger charge is -2.19. The second kappa shape index (κ2) is 5.52. The van der Waals surface area contributed by atoms with Crippen molar-refractivity contribution < 1.29 is 9.47 Å². The fourth-order valence-electron chi connectivity index (χ4n) is 1.87. The van der Waals surface area contributed by atoms with Gasteiger partial charge in [0.15, 0.2) is 11.5 Å². The fraction of sp³-hybridized carbons (Fsp3) is 0.231. The Balaban J connectivity index is 1.93. The van der Waals surface area contributed by atoms with Crippen LogP contribution in [0.2, 0.25) is 5.02 Å². The summed E-state index contributed by atoms with van der Waals surface area (Å²) in [7, 11) is 0. The van der Waals surface area contributed by atoms with E-state index in [4.69, 9.17) is 32.7 Å². The third-order valence-electron chi connectivity index (χ3n) is 2.77. The fourth-order valence-corrected chi connectivity index (χ4v) is 3.96. The summed E-state index contributed by atoms with van der Waals surface area (Å²) in [5.41, 5.74) is 0.969. The van der Waals surface area contributed by atoms with Crippen molar-refractivity contribution in [3.05, 3.63) is 43.5 Å². The molecule has 0 radical (unpaired) electrons. The Morgan fingerprint density at radius 2 is 1.89 bits per heavy atom. The molecule has 0 aliphatic carbocycles. The summed E-state index contributed by atoms with van der Waals surface area (Å²) in [5, 5.41) is 0.438. The highest BCUT2D eigenvalue weighted by atomic mass is 79.9. The smallest absolute Gasteiger partial charge is 0.161 e. The van der Waals surface area contributed by atoms with E-state index >= 15 is 0 Å². The van der Waals surface area contributed by atoms with Crippen LogP contribution in [0.4, 0.5) is 0 Å². The van der Waals surface area contributed by atoms with E-state index in [-0.39, 0.29) is 5.38 Å². The highest BCUT2D eigenvalue weighted by Crippen LogP contribution is 2.42. The molecule has 2 aromatic rings. The number of hydrogen-bond donors (Lipinski definition) is 0. The van der Waals surface area contributed by atoms with Crippen LogP contribution in [0.15, 0.2) is 28.1 Å². The molecule has 0 saturated carbocycles. The van der Waals surface area contributed by atoms with E-state index in [1.54, 1.807) is 0 Å². The molecule has 0 N–H and O–H groups in total. The van der Waals surface area contributed by atoms with E-state index < -0.39 is 0 Å². The van der Waals surface area contributed by atoms with E-state index in [0.717, 1.165) is 25.7 Å². The minimum atomic E-state index is -0.246. The second-order valence-electron chi connectivity index (χ2n) is 4.04. The summed E-state index contributed by atoms with van der Waals surface area (Å²) in [6, 6.07) is 7.65. The van der Waals surface area contributed by atoms with Gasteiger partial charge in [0.2, 0.25) is 0 Å². The first-order chi connectivity index (χ1) is 9.15. The van der Waals surface area contributed by atoms with Crippen molar-refractivity contribution in [2.45, 2.75) is 5.38 Å². The van der Waals surface area contributed by atoms with Gasteiger partial charge in [0.1, 0.15) is 13.2 Å². The molecule has 0 bridgehead atoms. The minimum Gasteiger partial charge on any atom is -0.486 e. The SMILES string of the molecule is Clc1cc(C(Cl)c2ccc3c(c2)OCCO3)sc1Br. The van der Waals surface area contributed by atoms with E-state index in [1.165, 1.54) is 11.3 Å². The topological polar surface area (TPSA) is 18.5 Å². The maximum atomic E-state index is 6.49. The Morgan fingerprint density at radius 3 is 2.58 bits per heavy atom. The lowest BCUT2D eigenvalue weighted by atomic mass is 10.1. The quantitative estimate of drug-likeness (QED) is 0.662. The molecule has 1 unspecified atom stereocenters. The summed E-state index contributed by atoms with van der Waals surface area (Å²) in [5.74, 6) is 1.51. The average molecular weight is 380 g/mol. The number of ether oxygens (including phenoxy) is 2. The first-order valence-electron chi connectivity index (χ1n) is 5.63. The van der Waals surface area contributed by atoms with Crippen LogP contribution in [0.5, 0.6) is 11.5 Å². The van der Waals surface area contributed by atoms with Crippen LogP contribution in [0.1, 0.15) is 15.8 Å². The van der Waals surface area contributed by atoms with Gasteiger partial charge in [0.05, 0.1) is 14.2 Å². The summed E-state index contributed by atoms with van der Waals surface area (Å²) >= 11 is 17.5. The predicted octanol–water partition coefficient (Wildman–Crippen LogP) is 5.26. The third kappa shape index (κ3) is 2.72. The van der Waals surface area contributed by atoms with Gasteiger partial charge >= 0.3 is 0 Å². The standard InChI is InChI=1S/C13H9BrCl2O2S/c14-13-8(15)6-11(19-13)12(16)7-1-2-9-10(5-7)18-4-3-17-9/h1-2,5-6,12H,3-4H2. The monoisotopic (exact) mass is 378 g/mol. The van der Waals surface area contributed by atoms with Crippen molar-refractivity contribution in [2.24, 2.45) is 0 Å². The number of thiophene rings is 1. The Hall–Kier alpha value is -0.420. The summed E-state index contributed by atoms with van der Waals surface area (Å²) < 4.78 is 12.0. The van der Waals surface area contributed by atoms with Crippen molar-refractivity contribution in [3.8, 4) is 11.5 Å². The lowest BCUT2D eigenvalue weighted by molar-refractivity contribution is 0.171. The zero-order chi connectivity index (χ0) is 13.4. The van der Waals surface area contributed by atoms with Gasteiger partial charge in [-0.2, -0.15) is 0 Å². The van der Waals surface area contributed by atoms with E-state index in [9.17, 15) is 0 Å². The van der Waals surface area contributed by atoms with Crippen LogP contribution < -0.4 is 9.47 Å². The third-order valence-corrected chi connectivity index (χ3v) is 5.93. The van der Waals surface area contributed by atoms with Crippen molar-refractivity contribution in [1.82, 2.24) is 0 Å². The molecule has 1 aromatic carbocycles. The molecular weight excluding hydrogens is 371 g/mol. The van der Waals surface area contributed by atoms with Crippen molar-refractivity contribution in [1.29, 1.82) is 0 Å². The molecule has 2 nitrogen and oxygen atoms in total. The van der Waals surface area contributed by atoms with Crippen LogP contribution >= 0.6 is 50.5 Å². The van der Waals surface area contributed by atoms with Gasteiger partial charge in [-0.25, -0.2) is 0 Å². The Morgan fingerprint density at radius 1 is 1.16 bits per heavy atom. The Kier molecular flexibility index (Phi) is 3.94. The highest BCUT2D eigenvalue weighted by molar-refractivity contribution is 9.11. The van der Waals surface area contributed by atoms with Crippen LogP contribution in [0.3, 0.4) is 0 Å². The highest BCUT2D eigenvalue weighted by Gasteiger charge is 2.19. The van der Waals surface area contributed by atoms with Crippen LogP contribution in [-0.2, 0) is 0 Å². The summed E-state index contributed by atoms with van der Waals surface area (Å²) in [4.78, 5) is 0.996. The first kappa shape index (κ1) is 13.6. The molecule has 1 aromatic heterocycles. The number of alkyl halides is 1. The van der Waals surface area contributed by atoms with Crippen molar-refractivity contribution in [2.75, 3.05) is 13.2 Å². The zero-order valence-electron chi connectivity index (χ0n) is 9.66. The maximum absolute atomic E-state index is 6.49. The summed E-state index contributed by atoms with van der Waals surface area (Å²) in [6.45, 7) is 1.16. The van der Waals surface area contributed by atoms with Gasteiger partial charge in [-0.05, 0) is 39.7 Å². The largest absolute Gasteiger partial charge is 0.486 e. The molecule has 1 atom stereocenters. The molecule has 0 spiro atoms. The molecule has 19 heavy (non-hydrogen) atoms. The second-order valence-corrected chi connectivity index (χ2v) is 7.28. The zero-order valence-corrected chi connectivity index (χ0v) is 13.6. The van der Waals surface area contributed by atoms with Gasteiger partial charge in [0, 0.05) is 4.88 Å². The Bertz CT molecular complexity index is 595. The number of rotatable bonds is 2. The molecule has 1 aliphatic heterocycles. The van der Waals surface area contributed by atoms with Crippen molar-refractivity contribution >= 4 is 50.5 Å². The number of fused-ring (bicyclic) bond motifs is 1. The predicted molar refractivity (Wildman–Crippen MR) is 82.2 cm³/mol. The minimum absolute atomic E-state index is 0.246. The molecule has 6 heteroatoms. The van der Waals surface area contributed by atoms with Gasteiger partial charge in [-0.15, -0.1) is 22.9 Å². The van der Waals surface area contributed by atoms with Crippen LogP contribution in [0, 0.1) is 0 Å². The lowest BCUT2D eigenvalue weighted by Crippen LogP contribution is -2.15. The van der Waals surface area contributed by atoms with Crippen molar-refractivity contribution in [3.63, 3.8) is 0 Å². The maximum Gasteiger partial charge on any atom is 0.161 e. The molecule has 3 rings (SSSR count). The van der Waals surface area contributed by atoms with Gasteiger partial charge in [-0.1, -0.05) is 17.7 Å². The molecule has 0 saturated heterocycles. The molecular formula is C13H9BrCl2O2S. The van der Waals surface area contributed by atoms with Crippen LogP contribution in [-0.4, -0.2) is 13.2 Å². The van der Waals surface area contributed by atoms with Gasteiger partial charge in [0.25, 0.3) is 0 Å². The molecule has 0 amide bonds. The molecule has 0 fully saturated rings. The summed E-state index contributed by atoms with van der Waals surface area (Å²) in [6.07, 6.45) is 0. The Labute approximate surface area is 133 Å². The molecule has 100 valence electrons. The number of hydrogen-bond acceptors (Lipinski definition) is 3. The van der Waals surface area contributed by atoms with Crippen LogP contribution in [0.25, 0.3) is 0 Å².